The molecule has 0 bridgehead atoms. The topological polar surface area (TPSA) is 65.0 Å². The van der Waals surface area contributed by atoms with E-state index in [9.17, 15) is 9.67 Å². The molecule has 0 atom stereocenters. The van der Waals surface area contributed by atoms with Gasteiger partial charge < -0.3 is 9.63 Å². The molecule has 1 N–H and O–H groups in total. The first kappa shape index (κ1) is 18.8. The predicted molar refractivity (Wildman–Crippen MR) is 95.6 cm³/mol. The fraction of sp³-hybridized carbons (Fsp3) is 0.444. The molecule has 0 aliphatic carbocycles. The molecule has 0 spiro atoms. The number of hydrogen-bond acceptors (Lipinski definition) is 5. The number of phosphoric acid groups is 1. The van der Waals surface area contributed by atoms with E-state index in [1.807, 2.05) is 26.0 Å². The van der Waals surface area contributed by atoms with Gasteiger partial charge in [-0.2, -0.15) is 0 Å². The standard InChI is InChI=1S/C18H25O5P/c1-3-5-13-21-24(20,22-14-6-4-2)23-18-12-11-17(19)15-9-7-8-10-16(15)18/h7-12,19H,3-6,13-14H2,1-2H3. The van der Waals surface area contributed by atoms with Crippen molar-refractivity contribution in [1.82, 2.24) is 0 Å². The molecule has 0 amide bonds. The molecule has 5 nitrogen and oxygen atoms in total. The number of phosphoric ester groups is 1. The van der Waals surface area contributed by atoms with Crippen molar-refractivity contribution in [3.63, 3.8) is 0 Å². The lowest BCUT2D eigenvalue weighted by atomic mass is 10.1. The second-order valence-corrected chi connectivity index (χ2v) is 7.13. The normalized spacial score (nSPS) is 11.8. The van der Waals surface area contributed by atoms with Gasteiger partial charge in [0, 0.05) is 10.8 Å². The van der Waals surface area contributed by atoms with Crippen LogP contribution in [0.2, 0.25) is 0 Å². The van der Waals surface area contributed by atoms with Crippen LogP contribution in [0.4, 0.5) is 0 Å². The van der Waals surface area contributed by atoms with Gasteiger partial charge in [0.05, 0.1) is 13.2 Å². The molecule has 0 heterocycles. The zero-order valence-electron chi connectivity index (χ0n) is 14.2. The van der Waals surface area contributed by atoms with Gasteiger partial charge in [-0.3, -0.25) is 9.05 Å². The summed E-state index contributed by atoms with van der Waals surface area (Å²) in [5, 5.41) is 11.2. The average molecular weight is 352 g/mol. The van der Waals surface area contributed by atoms with Gasteiger partial charge in [-0.05, 0) is 25.0 Å². The number of hydrogen-bond donors (Lipinski definition) is 1. The fourth-order valence-electron chi connectivity index (χ4n) is 2.19. The summed E-state index contributed by atoms with van der Waals surface area (Å²) in [4.78, 5) is 0. The smallest absolute Gasteiger partial charge is 0.507 e. The molecule has 0 unspecified atom stereocenters. The lowest BCUT2D eigenvalue weighted by Gasteiger charge is -2.19. The van der Waals surface area contributed by atoms with Gasteiger partial charge >= 0.3 is 7.82 Å². The zero-order valence-corrected chi connectivity index (χ0v) is 15.1. The first-order valence-corrected chi connectivity index (χ1v) is 9.85. The van der Waals surface area contributed by atoms with Crippen LogP contribution in [0.25, 0.3) is 10.8 Å². The summed E-state index contributed by atoms with van der Waals surface area (Å²) in [5.74, 6) is 0.520. The Labute approximate surface area is 143 Å². The molecule has 0 aromatic heterocycles. The molecule has 2 aromatic rings. The molecule has 2 rings (SSSR count). The molecular formula is C18H25O5P. The second kappa shape index (κ2) is 9.07. The first-order valence-electron chi connectivity index (χ1n) is 8.39. The Hall–Kier alpha value is -1.55. The minimum atomic E-state index is -3.70. The summed E-state index contributed by atoms with van der Waals surface area (Å²) in [6.45, 7) is 4.69. The van der Waals surface area contributed by atoms with Crippen molar-refractivity contribution in [3.8, 4) is 11.5 Å². The van der Waals surface area contributed by atoms with Gasteiger partial charge in [0.1, 0.15) is 11.5 Å². The summed E-state index contributed by atoms with van der Waals surface area (Å²) in [7, 11) is -3.70. The number of phenolic OH excluding ortho intramolecular Hbond substituents is 1. The molecule has 0 fully saturated rings. The van der Waals surface area contributed by atoms with E-state index in [2.05, 4.69) is 0 Å². The van der Waals surface area contributed by atoms with E-state index in [-0.39, 0.29) is 5.75 Å². The van der Waals surface area contributed by atoms with Gasteiger partial charge in [-0.15, -0.1) is 0 Å². The molecule has 0 aliphatic heterocycles. The number of phenols is 1. The Balaban J connectivity index is 2.25. The van der Waals surface area contributed by atoms with Crippen LogP contribution < -0.4 is 4.52 Å². The van der Waals surface area contributed by atoms with Crippen molar-refractivity contribution in [2.45, 2.75) is 39.5 Å². The lowest BCUT2D eigenvalue weighted by Crippen LogP contribution is -2.05. The number of fused-ring (bicyclic) bond motifs is 1. The Morgan fingerprint density at radius 1 is 0.917 bits per heavy atom. The molecule has 0 saturated heterocycles. The van der Waals surface area contributed by atoms with E-state index < -0.39 is 7.82 Å². The van der Waals surface area contributed by atoms with E-state index in [0.717, 1.165) is 25.7 Å². The quantitative estimate of drug-likeness (QED) is 0.441. The summed E-state index contributed by atoms with van der Waals surface area (Å²) < 4.78 is 29.5. The van der Waals surface area contributed by atoms with E-state index in [1.54, 1.807) is 18.2 Å². The highest BCUT2D eigenvalue weighted by atomic mass is 31.2. The van der Waals surface area contributed by atoms with Crippen molar-refractivity contribution < 1.29 is 23.2 Å². The van der Waals surface area contributed by atoms with E-state index in [4.69, 9.17) is 13.6 Å². The molecular weight excluding hydrogens is 327 g/mol. The third-order valence-electron chi connectivity index (χ3n) is 3.57. The van der Waals surface area contributed by atoms with Crippen LogP contribution in [-0.2, 0) is 13.6 Å². The van der Waals surface area contributed by atoms with Crippen LogP contribution in [0.1, 0.15) is 39.5 Å². The van der Waals surface area contributed by atoms with E-state index in [0.29, 0.717) is 29.7 Å². The van der Waals surface area contributed by atoms with Gasteiger partial charge in [0.2, 0.25) is 0 Å². The molecule has 0 aliphatic rings. The summed E-state index contributed by atoms with van der Waals surface area (Å²) in [6.07, 6.45) is 3.41. The third-order valence-corrected chi connectivity index (χ3v) is 4.98. The van der Waals surface area contributed by atoms with E-state index in [1.165, 1.54) is 6.07 Å². The monoisotopic (exact) mass is 352 g/mol. The maximum atomic E-state index is 12.9. The lowest BCUT2D eigenvalue weighted by molar-refractivity contribution is 0.152. The Kier molecular flexibility index (Phi) is 7.10. The average Bonchev–Trinajstić information content (AvgIpc) is 2.58. The molecule has 2 aromatic carbocycles. The van der Waals surface area contributed by atoms with Crippen molar-refractivity contribution >= 4 is 18.6 Å². The van der Waals surface area contributed by atoms with Crippen LogP contribution in [0.5, 0.6) is 11.5 Å². The second-order valence-electron chi connectivity index (χ2n) is 5.54. The highest BCUT2D eigenvalue weighted by Crippen LogP contribution is 2.51. The van der Waals surface area contributed by atoms with Gasteiger partial charge in [-0.25, -0.2) is 4.57 Å². The van der Waals surface area contributed by atoms with Gasteiger partial charge in [-0.1, -0.05) is 51.0 Å². The van der Waals surface area contributed by atoms with Crippen LogP contribution >= 0.6 is 7.82 Å². The van der Waals surface area contributed by atoms with Crippen LogP contribution in [0, 0.1) is 0 Å². The number of rotatable bonds is 10. The van der Waals surface area contributed by atoms with Crippen LogP contribution in [-0.4, -0.2) is 18.3 Å². The predicted octanol–water partition coefficient (Wildman–Crippen LogP) is 5.67. The minimum Gasteiger partial charge on any atom is -0.507 e. The first-order chi connectivity index (χ1) is 11.6. The molecule has 24 heavy (non-hydrogen) atoms. The number of benzene rings is 2. The molecule has 6 heteroatoms. The van der Waals surface area contributed by atoms with Crippen LogP contribution in [0.15, 0.2) is 36.4 Å². The molecule has 0 radical (unpaired) electrons. The molecule has 0 saturated carbocycles. The van der Waals surface area contributed by atoms with Gasteiger partial charge in [0.15, 0.2) is 0 Å². The Morgan fingerprint density at radius 3 is 2.08 bits per heavy atom. The van der Waals surface area contributed by atoms with Crippen molar-refractivity contribution in [2.24, 2.45) is 0 Å². The zero-order chi connectivity index (χ0) is 17.4. The Bertz CT molecular complexity index is 687. The highest BCUT2D eigenvalue weighted by molar-refractivity contribution is 7.48. The summed E-state index contributed by atoms with van der Waals surface area (Å²) >= 11 is 0. The maximum Gasteiger partial charge on any atom is 0.530 e. The summed E-state index contributed by atoms with van der Waals surface area (Å²) in [5.41, 5.74) is 0. The van der Waals surface area contributed by atoms with E-state index >= 15 is 0 Å². The number of unbranched alkanes of at least 4 members (excludes halogenated alkanes) is 2. The van der Waals surface area contributed by atoms with Crippen LogP contribution in [0.3, 0.4) is 0 Å². The van der Waals surface area contributed by atoms with Crippen molar-refractivity contribution in [1.29, 1.82) is 0 Å². The fourth-order valence-corrected chi connectivity index (χ4v) is 3.47. The number of aromatic hydroxyl groups is 1. The summed E-state index contributed by atoms with van der Waals surface area (Å²) in [6, 6.07) is 10.3. The van der Waals surface area contributed by atoms with Crippen molar-refractivity contribution in [3.05, 3.63) is 36.4 Å². The molecule has 132 valence electrons. The minimum absolute atomic E-state index is 0.145. The Morgan fingerprint density at radius 2 is 1.50 bits per heavy atom. The largest absolute Gasteiger partial charge is 0.530 e. The van der Waals surface area contributed by atoms with Gasteiger partial charge in [0.25, 0.3) is 0 Å². The maximum absolute atomic E-state index is 12.9. The third kappa shape index (κ3) is 4.97. The van der Waals surface area contributed by atoms with Crippen molar-refractivity contribution in [2.75, 3.05) is 13.2 Å². The highest BCUT2D eigenvalue weighted by Gasteiger charge is 2.29. The SMILES string of the molecule is CCCCOP(=O)(OCCCC)Oc1ccc(O)c2ccccc12.